The van der Waals surface area contributed by atoms with E-state index in [4.69, 9.17) is 11.5 Å². The Labute approximate surface area is 126 Å². The number of benzene rings is 1. The Morgan fingerprint density at radius 2 is 2.05 bits per heavy atom. The number of carbonyl (C=O) groups is 1. The molecule has 22 heavy (non-hydrogen) atoms. The standard InChI is InChI=1S/C15H14N6O/c1-9-11(14(22)19-15(16)17)8-21(20-9)13-6-2-5-12-10(13)4-3-7-18-12/h2-8H,1H3,(H4,16,17,19,22). The predicted molar refractivity (Wildman–Crippen MR) is 83.7 cm³/mol. The summed E-state index contributed by atoms with van der Waals surface area (Å²) in [5, 5.41) is 5.31. The number of carbonyl (C=O) groups excluding carboxylic acids is 1. The average molecular weight is 294 g/mol. The summed E-state index contributed by atoms with van der Waals surface area (Å²) in [4.78, 5) is 19.8. The molecule has 2 aromatic heterocycles. The van der Waals surface area contributed by atoms with Crippen molar-refractivity contribution in [2.24, 2.45) is 16.5 Å². The summed E-state index contributed by atoms with van der Waals surface area (Å²) in [5.74, 6) is -0.784. The fraction of sp³-hybridized carbons (Fsp3) is 0.0667. The fourth-order valence-electron chi connectivity index (χ4n) is 2.26. The number of aryl methyl sites for hydroxylation is 1. The molecule has 0 atom stereocenters. The molecule has 4 N–H and O–H groups in total. The molecule has 0 spiro atoms. The van der Waals surface area contributed by atoms with Crippen LogP contribution in [0.5, 0.6) is 0 Å². The number of hydrogen-bond acceptors (Lipinski definition) is 3. The molecule has 0 radical (unpaired) electrons. The molecule has 0 aliphatic rings. The smallest absolute Gasteiger partial charge is 0.283 e. The van der Waals surface area contributed by atoms with Gasteiger partial charge in [0.15, 0.2) is 5.96 Å². The number of hydrogen-bond donors (Lipinski definition) is 2. The van der Waals surface area contributed by atoms with Crippen LogP contribution in [0.2, 0.25) is 0 Å². The zero-order valence-electron chi connectivity index (χ0n) is 11.9. The van der Waals surface area contributed by atoms with Crippen molar-refractivity contribution in [3.05, 3.63) is 54.0 Å². The molecule has 110 valence electrons. The van der Waals surface area contributed by atoms with E-state index in [1.807, 2.05) is 30.3 Å². The molecule has 1 amide bonds. The van der Waals surface area contributed by atoms with Crippen molar-refractivity contribution < 1.29 is 4.79 Å². The lowest BCUT2D eigenvalue weighted by atomic mass is 10.2. The summed E-state index contributed by atoms with van der Waals surface area (Å²) in [6.07, 6.45) is 3.35. The summed E-state index contributed by atoms with van der Waals surface area (Å²) in [7, 11) is 0. The van der Waals surface area contributed by atoms with Crippen LogP contribution in [0.25, 0.3) is 16.6 Å². The Hall–Kier alpha value is -3.22. The van der Waals surface area contributed by atoms with Crippen LogP contribution in [0, 0.1) is 6.92 Å². The highest BCUT2D eigenvalue weighted by atomic mass is 16.1. The van der Waals surface area contributed by atoms with E-state index in [0.29, 0.717) is 11.3 Å². The van der Waals surface area contributed by atoms with E-state index >= 15 is 0 Å². The van der Waals surface area contributed by atoms with Gasteiger partial charge in [0, 0.05) is 17.8 Å². The van der Waals surface area contributed by atoms with Gasteiger partial charge in [-0.25, -0.2) is 4.68 Å². The Bertz CT molecular complexity index is 887. The van der Waals surface area contributed by atoms with Gasteiger partial charge in [-0.2, -0.15) is 10.1 Å². The number of guanidine groups is 1. The minimum Gasteiger partial charge on any atom is -0.370 e. The van der Waals surface area contributed by atoms with Gasteiger partial charge in [0.1, 0.15) is 0 Å². The highest BCUT2D eigenvalue weighted by molar-refractivity contribution is 6.02. The lowest BCUT2D eigenvalue weighted by Gasteiger charge is -2.05. The third-order valence-corrected chi connectivity index (χ3v) is 3.23. The van der Waals surface area contributed by atoms with Gasteiger partial charge < -0.3 is 11.5 Å². The topological polar surface area (TPSA) is 112 Å². The molecule has 0 aliphatic heterocycles. The van der Waals surface area contributed by atoms with Gasteiger partial charge >= 0.3 is 0 Å². The van der Waals surface area contributed by atoms with Crippen LogP contribution in [0.3, 0.4) is 0 Å². The van der Waals surface area contributed by atoms with Crippen LogP contribution in [0.15, 0.2) is 47.7 Å². The van der Waals surface area contributed by atoms with Crippen molar-refractivity contribution in [3.63, 3.8) is 0 Å². The van der Waals surface area contributed by atoms with E-state index in [-0.39, 0.29) is 5.96 Å². The van der Waals surface area contributed by atoms with Crippen molar-refractivity contribution in [1.82, 2.24) is 14.8 Å². The molecular weight excluding hydrogens is 280 g/mol. The first-order valence-corrected chi connectivity index (χ1v) is 6.60. The highest BCUT2D eigenvalue weighted by Gasteiger charge is 2.15. The van der Waals surface area contributed by atoms with Crippen LogP contribution in [0.1, 0.15) is 16.1 Å². The maximum atomic E-state index is 12.0. The average Bonchev–Trinajstić information content (AvgIpc) is 2.88. The van der Waals surface area contributed by atoms with Crippen LogP contribution in [0.4, 0.5) is 0 Å². The second-order valence-corrected chi connectivity index (χ2v) is 4.76. The first-order valence-electron chi connectivity index (χ1n) is 6.60. The van der Waals surface area contributed by atoms with Crippen molar-refractivity contribution in [2.45, 2.75) is 6.92 Å². The molecule has 0 fully saturated rings. The number of nitrogens with two attached hydrogens (primary N) is 2. The van der Waals surface area contributed by atoms with E-state index in [9.17, 15) is 4.79 Å². The maximum Gasteiger partial charge on any atom is 0.283 e. The molecule has 0 unspecified atom stereocenters. The Morgan fingerprint density at radius 1 is 1.23 bits per heavy atom. The van der Waals surface area contributed by atoms with E-state index in [0.717, 1.165) is 16.6 Å². The second-order valence-electron chi connectivity index (χ2n) is 4.76. The summed E-state index contributed by atoms with van der Waals surface area (Å²) in [6.45, 7) is 1.73. The molecule has 1 aromatic carbocycles. The molecule has 7 heteroatoms. The minimum absolute atomic E-state index is 0.272. The number of aliphatic imine (C=N–C) groups is 1. The van der Waals surface area contributed by atoms with E-state index in [1.165, 1.54) is 0 Å². The molecule has 3 aromatic rings. The summed E-state index contributed by atoms with van der Waals surface area (Å²) < 4.78 is 1.63. The Balaban J connectivity index is 2.13. The SMILES string of the molecule is Cc1nn(-c2cccc3ncccc23)cc1C(=O)N=C(N)N. The lowest BCUT2D eigenvalue weighted by Crippen LogP contribution is -2.24. The van der Waals surface area contributed by atoms with Gasteiger partial charge in [0.25, 0.3) is 5.91 Å². The largest absolute Gasteiger partial charge is 0.370 e. The summed E-state index contributed by atoms with van der Waals surface area (Å²) in [6, 6.07) is 9.52. The van der Waals surface area contributed by atoms with Gasteiger partial charge in [-0.05, 0) is 31.2 Å². The quantitative estimate of drug-likeness (QED) is 0.543. The highest BCUT2D eigenvalue weighted by Crippen LogP contribution is 2.21. The number of rotatable bonds is 2. The number of nitrogens with zero attached hydrogens (tertiary/aromatic N) is 4. The van der Waals surface area contributed by atoms with Gasteiger partial charge in [-0.3, -0.25) is 9.78 Å². The van der Waals surface area contributed by atoms with E-state index in [1.54, 1.807) is 24.0 Å². The zero-order valence-corrected chi connectivity index (χ0v) is 11.9. The number of aromatic nitrogens is 3. The second kappa shape index (κ2) is 5.28. The number of fused-ring (bicyclic) bond motifs is 1. The molecular formula is C15H14N6O. The normalized spacial score (nSPS) is 10.6. The predicted octanol–water partition coefficient (Wildman–Crippen LogP) is 1.14. The molecule has 0 aliphatic carbocycles. The third kappa shape index (κ3) is 2.39. The lowest BCUT2D eigenvalue weighted by molar-refractivity contribution is 0.100. The first-order chi connectivity index (χ1) is 10.6. The van der Waals surface area contributed by atoms with Crippen molar-refractivity contribution in [1.29, 1.82) is 0 Å². The van der Waals surface area contributed by atoms with E-state index in [2.05, 4.69) is 15.1 Å². The van der Waals surface area contributed by atoms with Crippen molar-refractivity contribution in [3.8, 4) is 5.69 Å². The van der Waals surface area contributed by atoms with Gasteiger partial charge in [0.05, 0.1) is 22.5 Å². The van der Waals surface area contributed by atoms with Gasteiger partial charge in [-0.1, -0.05) is 6.07 Å². The van der Waals surface area contributed by atoms with Crippen molar-refractivity contribution >= 4 is 22.8 Å². The monoisotopic (exact) mass is 294 g/mol. The molecule has 0 bridgehead atoms. The molecule has 7 nitrogen and oxygen atoms in total. The molecule has 2 heterocycles. The number of amides is 1. The van der Waals surface area contributed by atoms with Crippen LogP contribution >= 0.6 is 0 Å². The third-order valence-electron chi connectivity index (χ3n) is 3.23. The van der Waals surface area contributed by atoms with Gasteiger partial charge in [0.2, 0.25) is 0 Å². The fourth-order valence-corrected chi connectivity index (χ4v) is 2.26. The summed E-state index contributed by atoms with van der Waals surface area (Å²) >= 11 is 0. The van der Waals surface area contributed by atoms with Crippen molar-refractivity contribution in [2.75, 3.05) is 0 Å². The van der Waals surface area contributed by atoms with E-state index < -0.39 is 5.91 Å². The molecule has 0 saturated carbocycles. The van der Waals surface area contributed by atoms with Crippen LogP contribution < -0.4 is 11.5 Å². The maximum absolute atomic E-state index is 12.0. The zero-order chi connectivity index (χ0) is 15.7. The Morgan fingerprint density at radius 3 is 2.82 bits per heavy atom. The Kier molecular flexibility index (Phi) is 3.30. The molecule has 3 rings (SSSR count). The number of pyridine rings is 1. The van der Waals surface area contributed by atoms with Crippen LogP contribution in [-0.4, -0.2) is 26.6 Å². The van der Waals surface area contributed by atoms with Gasteiger partial charge in [-0.15, -0.1) is 0 Å². The molecule has 0 saturated heterocycles. The first kappa shape index (κ1) is 13.7. The van der Waals surface area contributed by atoms with Crippen LogP contribution in [-0.2, 0) is 0 Å². The minimum atomic E-state index is -0.512. The summed E-state index contributed by atoms with van der Waals surface area (Å²) in [5.41, 5.74) is 13.1.